The Bertz CT molecular complexity index is 956. The van der Waals surface area contributed by atoms with Crippen molar-refractivity contribution in [2.24, 2.45) is 0 Å². The van der Waals surface area contributed by atoms with Crippen molar-refractivity contribution in [2.45, 2.75) is 62.3 Å². The van der Waals surface area contributed by atoms with E-state index in [9.17, 15) is 0 Å². The fraction of sp³-hybridized carbons (Fsp3) is 0.243. The molecule has 200 valence electrons. The quantitative estimate of drug-likeness (QED) is 0.248. The summed E-state index contributed by atoms with van der Waals surface area (Å²) in [5, 5.41) is 0. The Labute approximate surface area is 231 Å². The van der Waals surface area contributed by atoms with Crippen molar-refractivity contribution >= 4 is 5.57 Å². The fourth-order valence-corrected chi connectivity index (χ4v) is 2.24. The summed E-state index contributed by atoms with van der Waals surface area (Å²) >= 11 is 0. The Kier molecular flexibility index (Phi) is 37.5. The van der Waals surface area contributed by atoms with Crippen molar-refractivity contribution in [3.8, 4) is 11.8 Å². The van der Waals surface area contributed by atoms with E-state index in [0.29, 0.717) is 0 Å². The summed E-state index contributed by atoms with van der Waals surface area (Å²) in [5.41, 5.74) is 5.19. The highest BCUT2D eigenvalue weighted by Gasteiger charge is 2.00. The van der Waals surface area contributed by atoms with E-state index in [-0.39, 0.29) is 0 Å². The van der Waals surface area contributed by atoms with E-state index < -0.39 is 0 Å². The first-order chi connectivity index (χ1) is 18.1. The molecule has 0 radical (unpaired) electrons. The molecule has 0 unspecified atom stereocenters. The molecule has 0 aromatic heterocycles. The van der Waals surface area contributed by atoms with Gasteiger partial charge in [-0.3, -0.25) is 0 Å². The second kappa shape index (κ2) is 34.3. The minimum atomic E-state index is 0.907. The topological polar surface area (TPSA) is 0 Å². The first-order valence-corrected chi connectivity index (χ1v) is 13.2. The van der Waals surface area contributed by atoms with Gasteiger partial charge in [-0.15, -0.1) is 0 Å². The Morgan fingerprint density at radius 3 is 1.62 bits per heavy atom. The van der Waals surface area contributed by atoms with Gasteiger partial charge in [0.2, 0.25) is 0 Å². The van der Waals surface area contributed by atoms with Crippen molar-refractivity contribution in [1.82, 2.24) is 0 Å². The molecule has 0 heteroatoms. The van der Waals surface area contributed by atoms with Gasteiger partial charge in [0.05, 0.1) is 0 Å². The van der Waals surface area contributed by atoms with Gasteiger partial charge >= 0.3 is 0 Å². The van der Waals surface area contributed by atoms with Gasteiger partial charge in [0.25, 0.3) is 0 Å². The van der Waals surface area contributed by atoms with Crippen molar-refractivity contribution < 1.29 is 0 Å². The normalized spacial score (nSPS) is 10.7. The molecular formula is C37H52. The van der Waals surface area contributed by atoms with Gasteiger partial charge in [-0.25, -0.2) is 0 Å². The molecule has 0 N–H and O–H groups in total. The maximum absolute atomic E-state index is 4.10. The van der Waals surface area contributed by atoms with Crippen LogP contribution in [0.1, 0.15) is 67.9 Å². The highest BCUT2D eigenvalue weighted by atomic mass is 14.0. The Balaban J connectivity index is -0.000000244. The minimum Gasteiger partial charge on any atom is -0.0991 e. The molecule has 0 nitrogen and oxygen atoms in total. The van der Waals surface area contributed by atoms with Crippen LogP contribution in [0.5, 0.6) is 0 Å². The van der Waals surface area contributed by atoms with Crippen LogP contribution in [0, 0.1) is 11.8 Å². The van der Waals surface area contributed by atoms with E-state index >= 15 is 0 Å². The molecule has 0 amide bonds. The lowest BCUT2D eigenvalue weighted by molar-refractivity contribution is 1.50. The van der Waals surface area contributed by atoms with Crippen LogP contribution >= 0.6 is 0 Å². The molecule has 0 fully saturated rings. The number of hydrogen-bond acceptors (Lipinski definition) is 0. The molecule has 1 aromatic carbocycles. The first-order valence-electron chi connectivity index (χ1n) is 13.2. The average molecular weight is 497 g/mol. The smallest absolute Gasteiger partial charge is 0.0243 e. The first kappa shape index (κ1) is 40.4. The molecule has 0 aliphatic heterocycles. The highest BCUT2D eigenvalue weighted by molar-refractivity contribution is 5.80. The zero-order chi connectivity index (χ0) is 29.3. The van der Waals surface area contributed by atoms with E-state index in [1.54, 1.807) is 18.2 Å². The third kappa shape index (κ3) is 23.7. The summed E-state index contributed by atoms with van der Waals surface area (Å²) < 4.78 is 0. The van der Waals surface area contributed by atoms with Gasteiger partial charge in [0.1, 0.15) is 0 Å². The SMILES string of the molecule is C=C/C=C\C(=C/C)C(=C)c1ccccc1.C=C/C=C\C(C#C/C(C=C)=C/C=C\C)=C/C.CC.CC.CC. The van der Waals surface area contributed by atoms with Crippen LogP contribution in [0.25, 0.3) is 5.57 Å². The maximum atomic E-state index is 4.10. The summed E-state index contributed by atoms with van der Waals surface area (Å²) in [6, 6.07) is 10.2. The number of allylic oxidation sites excluding steroid dienone is 16. The van der Waals surface area contributed by atoms with Gasteiger partial charge in [0, 0.05) is 11.1 Å². The monoisotopic (exact) mass is 496 g/mol. The van der Waals surface area contributed by atoms with E-state index in [2.05, 4.69) is 56.4 Å². The fourth-order valence-electron chi connectivity index (χ4n) is 2.24. The molecule has 0 aliphatic rings. The van der Waals surface area contributed by atoms with Crippen molar-refractivity contribution in [3.63, 3.8) is 0 Å². The van der Waals surface area contributed by atoms with Crippen LogP contribution in [0.2, 0.25) is 0 Å². The number of rotatable bonds is 8. The van der Waals surface area contributed by atoms with E-state index in [1.165, 1.54) is 0 Å². The zero-order valence-electron chi connectivity index (χ0n) is 25.1. The Morgan fingerprint density at radius 1 is 0.676 bits per heavy atom. The van der Waals surface area contributed by atoms with Crippen LogP contribution in [0.3, 0.4) is 0 Å². The number of hydrogen-bond donors (Lipinski definition) is 0. The molecule has 0 saturated heterocycles. The maximum Gasteiger partial charge on any atom is 0.0243 e. The third-order valence-electron chi connectivity index (χ3n) is 3.96. The zero-order valence-corrected chi connectivity index (χ0v) is 25.1. The molecule has 1 rings (SSSR count). The van der Waals surface area contributed by atoms with Gasteiger partial charge in [-0.05, 0) is 49.6 Å². The summed E-state index contributed by atoms with van der Waals surface area (Å²) in [4.78, 5) is 0. The lowest BCUT2D eigenvalue weighted by Gasteiger charge is -2.06. The molecule has 1 aromatic rings. The van der Waals surface area contributed by atoms with Crippen LogP contribution in [0.15, 0.2) is 146 Å². The summed E-state index contributed by atoms with van der Waals surface area (Å²) in [6.45, 7) is 33.0. The van der Waals surface area contributed by atoms with Crippen LogP contribution in [-0.4, -0.2) is 0 Å². The van der Waals surface area contributed by atoms with E-state index in [1.807, 2.05) is 129 Å². The van der Waals surface area contributed by atoms with Crippen LogP contribution in [-0.2, 0) is 0 Å². The predicted octanol–water partition coefficient (Wildman–Crippen LogP) is 11.8. The van der Waals surface area contributed by atoms with Gasteiger partial charge < -0.3 is 0 Å². The minimum absolute atomic E-state index is 0.907. The van der Waals surface area contributed by atoms with Gasteiger partial charge in [-0.2, -0.15) is 0 Å². The molecular weight excluding hydrogens is 444 g/mol. The summed E-state index contributed by atoms with van der Waals surface area (Å²) in [5.74, 6) is 6.12. The second-order valence-electron chi connectivity index (χ2n) is 6.12. The molecule has 0 spiro atoms. The molecule has 0 atom stereocenters. The van der Waals surface area contributed by atoms with Gasteiger partial charge in [-0.1, -0.05) is 171 Å². The predicted molar refractivity (Wildman–Crippen MR) is 177 cm³/mol. The summed E-state index contributed by atoms with van der Waals surface area (Å²) in [7, 11) is 0. The van der Waals surface area contributed by atoms with Crippen molar-refractivity contribution in [1.29, 1.82) is 0 Å². The lowest BCUT2D eigenvalue weighted by Crippen LogP contribution is -1.84. The number of benzene rings is 1. The van der Waals surface area contributed by atoms with Crippen molar-refractivity contribution in [2.75, 3.05) is 0 Å². The Hall–Kier alpha value is -3.82. The second-order valence-corrected chi connectivity index (χ2v) is 6.12. The Morgan fingerprint density at radius 2 is 1.19 bits per heavy atom. The summed E-state index contributed by atoms with van der Waals surface area (Å²) in [6.07, 6.45) is 22.8. The largest absolute Gasteiger partial charge is 0.0991 e. The van der Waals surface area contributed by atoms with Crippen molar-refractivity contribution in [3.05, 3.63) is 152 Å². The van der Waals surface area contributed by atoms with Crippen LogP contribution < -0.4 is 0 Å². The lowest BCUT2D eigenvalue weighted by atomic mass is 9.99. The third-order valence-corrected chi connectivity index (χ3v) is 3.96. The molecule has 0 aliphatic carbocycles. The molecule has 37 heavy (non-hydrogen) atoms. The molecule has 0 saturated carbocycles. The van der Waals surface area contributed by atoms with E-state index in [4.69, 9.17) is 0 Å². The standard InChI is InChI=1S/C16H18.C15H16.3C2H6/c1-5-9-11-15(7-3)13-14-16(8-4)12-10-6-2;1-4-6-10-14(5-2)13(3)15-11-8-7-9-12-15;3*1-2/h5-12H,1,4H2,2-3H3;4-12H,1,3H2,2H3;3*1-2H3/b10-6-,11-9-,15-7+,16-12+;10-6-,14-5+;;;. The molecule has 0 bridgehead atoms. The average Bonchev–Trinajstić information content (AvgIpc) is 2.98. The van der Waals surface area contributed by atoms with E-state index in [0.717, 1.165) is 27.9 Å². The molecule has 0 heterocycles. The highest BCUT2D eigenvalue weighted by Crippen LogP contribution is 2.21. The van der Waals surface area contributed by atoms with Crippen LogP contribution in [0.4, 0.5) is 0 Å². The van der Waals surface area contributed by atoms with Gasteiger partial charge in [0.15, 0.2) is 0 Å².